The molecule has 0 saturated heterocycles. The van der Waals surface area contributed by atoms with Crippen molar-refractivity contribution in [1.29, 1.82) is 0 Å². The van der Waals surface area contributed by atoms with Crippen LogP contribution in [0.25, 0.3) is 11.7 Å². The topological polar surface area (TPSA) is 9.03 Å². The molecule has 2 aromatic heterocycles. The zero-order valence-electron chi connectivity index (χ0n) is 18.9. The first-order chi connectivity index (χ1) is 16.6. The lowest BCUT2D eigenvalue weighted by Crippen LogP contribution is -2.42. The number of halogens is 1. The van der Waals surface area contributed by atoms with Crippen molar-refractivity contribution in [1.82, 2.24) is 4.57 Å². The van der Waals surface area contributed by atoms with E-state index in [4.69, 9.17) is 11.8 Å². The van der Waals surface area contributed by atoms with Crippen LogP contribution in [0.1, 0.15) is 11.3 Å². The number of hydrogen-bond acceptors (Lipinski definition) is 1. The van der Waals surface area contributed by atoms with Crippen LogP contribution in [0.2, 0.25) is 0 Å². The van der Waals surface area contributed by atoms with E-state index >= 15 is 0 Å². The minimum absolute atomic E-state index is 0.772. The monoisotopic (exact) mass is 543 g/mol. The van der Waals surface area contributed by atoms with Gasteiger partial charge in [-0.05, 0) is 40.4 Å². The Hall–Kier alpha value is -2.78. The number of pyridine rings is 1. The van der Waals surface area contributed by atoms with Gasteiger partial charge in [0.2, 0.25) is 0 Å². The highest BCUT2D eigenvalue weighted by atomic mass is 79.9. The smallest absolute Gasteiger partial charge is 0.223 e. The number of allylic oxidation sites excluding steroid dienone is 1. The lowest BCUT2D eigenvalue weighted by Gasteiger charge is -2.21. The Labute approximate surface area is 214 Å². The highest BCUT2D eigenvalue weighted by molar-refractivity contribution is 9.10. The summed E-state index contributed by atoms with van der Waals surface area (Å²) in [6, 6.07) is 33.7. The number of benzene rings is 3. The normalized spacial score (nSPS) is 11.9. The van der Waals surface area contributed by atoms with E-state index in [0.717, 1.165) is 16.7 Å². The third-order valence-electron chi connectivity index (χ3n) is 6.08. The van der Waals surface area contributed by atoms with Crippen molar-refractivity contribution in [2.45, 2.75) is 13.5 Å². The fourth-order valence-electron chi connectivity index (χ4n) is 4.45. The van der Waals surface area contributed by atoms with Crippen LogP contribution in [-0.4, -0.2) is 4.57 Å². The SMILES string of the molecule is Cc1c(P(=S)(c2ccccc2)c2ccccc2)[n+]2ccccc2n1CC=Cc1ccc(Br)cc1. The van der Waals surface area contributed by atoms with E-state index in [2.05, 4.69) is 153 Å². The third-order valence-corrected chi connectivity index (χ3v) is 11.6. The molecule has 0 fully saturated rings. The molecule has 0 aliphatic carbocycles. The molecule has 5 heteroatoms. The summed E-state index contributed by atoms with van der Waals surface area (Å²) in [6.45, 7) is 2.98. The summed E-state index contributed by atoms with van der Waals surface area (Å²) in [5, 5.41) is 2.42. The second-order valence-electron chi connectivity index (χ2n) is 8.18. The predicted molar refractivity (Wildman–Crippen MR) is 152 cm³/mol. The molecule has 5 aromatic rings. The zero-order valence-corrected chi connectivity index (χ0v) is 22.2. The molecular formula is C29H25BrN2PS+. The molecule has 0 bridgehead atoms. The Balaban J connectivity index is 1.68. The highest BCUT2D eigenvalue weighted by Gasteiger charge is 2.36. The molecule has 0 aliphatic rings. The van der Waals surface area contributed by atoms with Gasteiger partial charge in [-0.25, -0.2) is 4.57 Å². The lowest BCUT2D eigenvalue weighted by atomic mass is 10.2. The number of imidazole rings is 1. The number of fused-ring (bicyclic) bond motifs is 1. The largest absolute Gasteiger partial charge is 0.287 e. The second kappa shape index (κ2) is 9.84. The fraction of sp³-hybridized carbons (Fsp3) is 0.0690. The molecule has 3 aromatic carbocycles. The van der Waals surface area contributed by atoms with Crippen molar-refractivity contribution in [2.24, 2.45) is 0 Å². The Morgan fingerprint density at radius 2 is 1.41 bits per heavy atom. The summed E-state index contributed by atoms with van der Waals surface area (Å²) in [4.78, 5) is 0. The van der Waals surface area contributed by atoms with E-state index in [1.165, 1.54) is 27.3 Å². The molecule has 5 rings (SSSR count). The number of aromatic nitrogens is 2. The van der Waals surface area contributed by atoms with Crippen LogP contribution in [0.4, 0.5) is 0 Å². The van der Waals surface area contributed by atoms with E-state index in [1.54, 1.807) is 0 Å². The van der Waals surface area contributed by atoms with Crippen LogP contribution in [0.15, 0.2) is 120 Å². The standard InChI is InChI=1S/C29H25BrN2PS/c1-23-29(33(34,26-12-4-2-5-13-26)27-14-6-3-7-15-27)32-21-9-8-16-28(32)31(23)22-10-11-24-17-19-25(30)20-18-24/h2-21H,22H2,1H3/q+1. The van der Waals surface area contributed by atoms with Crippen molar-refractivity contribution < 1.29 is 4.40 Å². The number of hydrogen-bond donors (Lipinski definition) is 0. The van der Waals surface area contributed by atoms with Crippen LogP contribution >= 0.6 is 22.0 Å². The van der Waals surface area contributed by atoms with Gasteiger partial charge >= 0.3 is 0 Å². The number of nitrogens with zero attached hydrogens (tertiary/aromatic N) is 2. The first kappa shape index (κ1) is 23.0. The highest BCUT2D eigenvalue weighted by Crippen LogP contribution is 2.42. The molecular weight excluding hydrogens is 519 g/mol. The minimum atomic E-state index is -2.29. The maximum atomic E-state index is 6.69. The Kier molecular flexibility index (Phi) is 6.65. The average molecular weight is 544 g/mol. The molecule has 0 N–H and O–H groups in total. The van der Waals surface area contributed by atoms with Gasteiger partial charge in [-0.1, -0.05) is 113 Å². The molecule has 0 aliphatic heterocycles. The van der Waals surface area contributed by atoms with E-state index in [1.807, 2.05) is 0 Å². The number of rotatable bonds is 6. The van der Waals surface area contributed by atoms with Crippen molar-refractivity contribution in [3.63, 3.8) is 0 Å². The molecule has 168 valence electrons. The van der Waals surface area contributed by atoms with Gasteiger partial charge in [0, 0.05) is 17.5 Å². The molecule has 0 atom stereocenters. The van der Waals surface area contributed by atoms with Gasteiger partial charge in [0.25, 0.3) is 5.65 Å². The first-order valence-electron chi connectivity index (χ1n) is 11.2. The zero-order chi connectivity index (χ0) is 23.5. The summed E-state index contributed by atoms with van der Waals surface area (Å²) >= 11 is 10.2. The molecule has 2 heterocycles. The van der Waals surface area contributed by atoms with Gasteiger partial charge in [-0.15, -0.1) is 0 Å². The Morgan fingerprint density at radius 1 is 0.824 bits per heavy atom. The van der Waals surface area contributed by atoms with Gasteiger partial charge in [-0.2, -0.15) is 4.40 Å². The van der Waals surface area contributed by atoms with Crippen molar-refractivity contribution in [3.05, 3.63) is 131 Å². The summed E-state index contributed by atoms with van der Waals surface area (Å²) in [6.07, 6.45) is 6.55. The third kappa shape index (κ3) is 4.22. The van der Waals surface area contributed by atoms with Crippen LogP contribution < -0.4 is 20.4 Å². The van der Waals surface area contributed by atoms with Crippen LogP contribution in [0, 0.1) is 6.92 Å². The summed E-state index contributed by atoms with van der Waals surface area (Å²) in [7, 11) is 0. The van der Waals surface area contributed by atoms with Crippen molar-refractivity contribution in [3.8, 4) is 0 Å². The first-order valence-corrected chi connectivity index (χ1v) is 14.8. The van der Waals surface area contributed by atoms with Crippen molar-refractivity contribution in [2.75, 3.05) is 0 Å². The van der Waals surface area contributed by atoms with E-state index < -0.39 is 6.04 Å². The summed E-state index contributed by atoms with van der Waals surface area (Å²) in [5.74, 6) is 0. The second-order valence-corrected chi connectivity index (χ2v) is 13.4. The van der Waals surface area contributed by atoms with Gasteiger partial charge in [0.15, 0.2) is 5.44 Å². The van der Waals surface area contributed by atoms with Crippen LogP contribution in [0.5, 0.6) is 0 Å². The summed E-state index contributed by atoms with van der Waals surface area (Å²) in [5.41, 5.74) is 4.76. The molecule has 2 nitrogen and oxygen atoms in total. The molecule has 0 radical (unpaired) electrons. The van der Waals surface area contributed by atoms with Gasteiger partial charge in [-0.3, -0.25) is 0 Å². The maximum absolute atomic E-state index is 6.69. The molecule has 34 heavy (non-hydrogen) atoms. The molecule has 0 spiro atoms. The van der Waals surface area contributed by atoms with Crippen LogP contribution in [-0.2, 0) is 18.4 Å². The predicted octanol–water partition coefficient (Wildman–Crippen LogP) is 5.77. The van der Waals surface area contributed by atoms with E-state index in [9.17, 15) is 0 Å². The van der Waals surface area contributed by atoms with E-state index in [0.29, 0.717) is 0 Å². The average Bonchev–Trinajstić information content (AvgIpc) is 3.17. The van der Waals surface area contributed by atoms with Gasteiger partial charge < -0.3 is 0 Å². The molecule has 0 saturated carbocycles. The lowest BCUT2D eigenvalue weighted by molar-refractivity contribution is -0.490. The van der Waals surface area contributed by atoms with Gasteiger partial charge in [0.05, 0.1) is 12.2 Å². The quantitative estimate of drug-likeness (QED) is 0.195. The molecule has 0 amide bonds. The van der Waals surface area contributed by atoms with Crippen LogP contribution in [0.3, 0.4) is 0 Å². The summed E-state index contributed by atoms with van der Waals surface area (Å²) < 4.78 is 5.77. The maximum Gasteiger partial charge on any atom is 0.287 e. The molecule has 0 unspecified atom stereocenters. The van der Waals surface area contributed by atoms with E-state index in [-0.39, 0.29) is 0 Å². The Bertz CT molecular complexity index is 1460. The fourth-order valence-corrected chi connectivity index (χ4v) is 9.12. The minimum Gasteiger partial charge on any atom is -0.223 e. The Morgan fingerprint density at radius 3 is 2.03 bits per heavy atom. The van der Waals surface area contributed by atoms with Gasteiger partial charge in [0.1, 0.15) is 12.2 Å². The van der Waals surface area contributed by atoms with Crippen molar-refractivity contribution >= 4 is 61.5 Å².